The van der Waals surface area contributed by atoms with Crippen LogP contribution < -0.4 is 9.47 Å². The quantitative estimate of drug-likeness (QED) is 0.841. The van der Waals surface area contributed by atoms with Crippen molar-refractivity contribution in [2.24, 2.45) is 5.92 Å². The van der Waals surface area contributed by atoms with Crippen LogP contribution in [0.1, 0.15) is 24.8 Å². The fourth-order valence-corrected chi connectivity index (χ4v) is 3.40. The van der Waals surface area contributed by atoms with Gasteiger partial charge in [0.05, 0.1) is 0 Å². The molecule has 2 heterocycles. The normalized spacial score (nSPS) is 21.2. The Kier molecular flexibility index (Phi) is 3.60. The molecule has 1 aromatic rings. The third-order valence-electron chi connectivity index (χ3n) is 3.19. The molecule has 0 radical (unpaired) electrons. The van der Waals surface area contributed by atoms with Crippen LogP contribution in [0.5, 0.6) is 11.5 Å². The fourth-order valence-electron chi connectivity index (χ4n) is 2.41. The predicted octanol–water partition coefficient (Wildman–Crippen LogP) is 3.63. The number of rotatable bonds is 3. The molecular formula is C15H19NO2S. The van der Waals surface area contributed by atoms with E-state index in [2.05, 4.69) is 42.5 Å². The lowest BCUT2D eigenvalue weighted by molar-refractivity contribution is 0.171. The van der Waals surface area contributed by atoms with E-state index in [0.29, 0.717) is 24.5 Å². The summed E-state index contributed by atoms with van der Waals surface area (Å²) in [6.45, 7) is 6.85. The van der Waals surface area contributed by atoms with E-state index in [9.17, 15) is 0 Å². The summed E-state index contributed by atoms with van der Waals surface area (Å²) in [6, 6.07) is 6.29. The zero-order chi connectivity index (χ0) is 13.2. The van der Waals surface area contributed by atoms with E-state index in [1.54, 1.807) is 0 Å². The molecule has 0 fully saturated rings. The van der Waals surface area contributed by atoms with Crippen LogP contribution in [0.15, 0.2) is 29.8 Å². The van der Waals surface area contributed by atoms with Gasteiger partial charge in [0.2, 0.25) is 0 Å². The fraction of sp³-hybridized carbons (Fsp3) is 0.467. The minimum atomic E-state index is 0.359. The molecular weight excluding hydrogens is 258 g/mol. The first-order chi connectivity index (χ1) is 9.24. The SMILES string of the molecule is CC(C)CN1C=CSC1c1ccc2c(c1)OCCO2. The smallest absolute Gasteiger partial charge is 0.161 e. The Morgan fingerprint density at radius 1 is 1.26 bits per heavy atom. The zero-order valence-corrected chi connectivity index (χ0v) is 12.2. The van der Waals surface area contributed by atoms with Gasteiger partial charge in [0.25, 0.3) is 0 Å². The lowest BCUT2D eigenvalue weighted by Gasteiger charge is -2.28. The summed E-state index contributed by atoms with van der Waals surface area (Å²) in [5.74, 6) is 2.39. The monoisotopic (exact) mass is 277 g/mol. The van der Waals surface area contributed by atoms with E-state index in [4.69, 9.17) is 9.47 Å². The summed E-state index contributed by atoms with van der Waals surface area (Å²) in [7, 11) is 0. The van der Waals surface area contributed by atoms with Crippen molar-refractivity contribution in [2.45, 2.75) is 19.2 Å². The lowest BCUT2D eigenvalue weighted by Crippen LogP contribution is -2.23. The molecule has 0 saturated heterocycles. The molecule has 3 nitrogen and oxygen atoms in total. The van der Waals surface area contributed by atoms with E-state index in [1.165, 1.54) is 5.56 Å². The van der Waals surface area contributed by atoms with Gasteiger partial charge in [0, 0.05) is 12.7 Å². The molecule has 0 amide bonds. The van der Waals surface area contributed by atoms with Crippen LogP contribution >= 0.6 is 11.8 Å². The summed E-state index contributed by atoms with van der Waals surface area (Å²) in [6.07, 6.45) is 2.19. The third-order valence-corrected chi connectivity index (χ3v) is 4.27. The van der Waals surface area contributed by atoms with E-state index >= 15 is 0 Å². The maximum atomic E-state index is 5.67. The molecule has 1 aromatic carbocycles. The Morgan fingerprint density at radius 2 is 2.05 bits per heavy atom. The maximum absolute atomic E-state index is 5.67. The minimum Gasteiger partial charge on any atom is -0.486 e. The van der Waals surface area contributed by atoms with Crippen molar-refractivity contribution < 1.29 is 9.47 Å². The van der Waals surface area contributed by atoms with E-state index in [1.807, 2.05) is 17.8 Å². The van der Waals surface area contributed by atoms with Gasteiger partial charge in [-0.3, -0.25) is 0 Å². The van der Waals surface area contributed by atoms with Crippen molar-refractivity contribution in [1.29, 1.82) is 0 Å². The van der Waals surface area contributed by atoms with Crippen LogP contribution in [0, 0.1) is 5.92 Å². The van der Waals surface area contributed by atoms with Gasteiger partial charge in [-0.1, -0.05) is 19.9 Å². The van der Waals surface area contributed by atoms with Crippen LogP contribution in [0.25, 0.3) is 0 Å². The van der Waals surface area contributed by atoms with Crippen molar-refractivity contribution in [3.05, 3.63) is 35.4 Å². The van der Waals surface area contributed by atoms with E-state index in [0.717, 1.165) is 18.0 Å². The average Bonchev–Trinajstić information content (AvgIpc) is 2.85. The first-order valence-electron chi connectivity index (χ1n) is 6.71. The van der Waals surface area contributed by atoms with E-state index in [-0.39, 0.29) is 0 Å². The number of fused-ring (bicyclic) bond motifs is 1. The second-order valence-electron chi connectivity index (χ2n) is 5.27. The minimum absolute atomic E-state index is 0.359. The highest BCUT2D eigenvalue weighted by Crippen LogP contribution is 2.42. The summed E-state index contributed by atoms with van der Waals surface area (Å²) in [4.78, 5) is 2.39. The lowest BCUT2D eigenvalue weighted by atomic mass is 10.1. The van der Waals surface area contributed by atoms with Gasteiger partial charge in [-0.25, -0.2) is 0 Å². The molecule has 0 bridgehead atoms. The molecule has 2 aliphatic heterocycles. The zero-order valence-electron chi connectivity index (χ0n) is 11.3. The molecule has 3 rings (SSSR count). The van der Waals surface area contributed by atoms with Crippen molar-refractivity contribution in [2.75, 3.05) is 19.8 Å². The number of ether oxygens (including phenoxy) is 2. The third kappa shape index (κ3) is 2.68. The molecule has 0 spiro atoms. The average molecular weight is 277 g/mol. The van der Waals surface area contributed by atoms with Crippen LogP contribution in [0.3, 0.4) is 0 Å². The van der Waals surface area contributed by atoms with Crippen molar-refractivity contribution in [3.63, 3.8) is 0 Å². The van der Waals surface area contributed by atoms with Crippen LogP contribution in [0.2, 0.25) is 0 Å². The van der Waals surface area contributed by atoms with Crippen molar-refractivity contribution >= 4 is 11.8 Å². The molecule has 1 unspecified atom stereocenters. The Labute approximate surface area is 118 Å². The number of hydrogen-bond acceptors (Lipinski definition) is 4. The van der Waals surface area contributed by atoms with E-state index < -0.39 is 0 Å². The van der Waals surface area contributed by atoms with Crippen molar-refractivity contribution in [3.8, 4) is 11.5 Å². The summed E-state index contributed by atoms with van der Waals surface area (Å²) < 4.78 is 11.2. The summed E-state index contributed by atoms with van der Waals surface area (Å²) in [5.41, 5.74) is 1.28. The number of hydrogen-bond donors (Lipinski definition) is 0. The number of benzene rings is 1. The van der Waals surface area contributed by atoms with Gasteiger partial charge in [0.15, 0.2) is 11.5 Å². The molecule has 0 N–H and O–H groups in total. The highest BCUT2D eigenvalue weighted by Gasteiger charge is 2.24. The highest BCUT2D eigenvalue weighted by atomic mass is 32.2. The first kappa shape index (κ1) is 12.7. The molecule has 0 aliphatic carbocycles. The van der Waals surface area contributed by atoms with Crippen LogP contribution in [0.4, 0.5) is 0 Å². The second-order valence-corrected chi connectivity index (χ2v) is 6.26. The van der Waals surface area contributed by atoms with Crippen LogP contribution in [-0.2, 0) is 0 Å². The Hall–Kier alpha value is -1.29. The van der Waals surface area contributed by atoms with Crippen LogP contribution in [-0.4, -0.2) is 24.7 Å². The molecule has 2 aliphatic rings. The molecule has 102 valence electrons. The Bertz CT molecular complexity index is 487. The second kappa shape index (κ2) is 5.37. The first-order valence-corrected chi connectivity index (χ1v) is 7.66. The van der Waals surface area contributed by atoms with Gasteiger partial charge in [-0.2, -0.15) is 0 Å². The largest absolute Gasteiger partial charge is 0.486 e. The highest BCUT2D eigenvalue weighted by molar-refractivity contribution is 8.02. The van der Waals surface area contributed by atoms with Gasteiger partial charge in [0.1, 0.15) is 18.6 Å². The van der Waals surface area contributed by atoms with Gasteiger partial charge in [-0.05, 0) is 29.0 Å². The number of thioether (sulfide) groups is 1. The summed E-state index contributed by atoms with van der Waals surface area (Å²) >= 11 is 1.85. The summed E-state index contributed by atoms with van der Waals surface area (Å²) in [5, 5.41) is 2.53. The van der Waals surface area contributed by atoms with Gasteiger partial charge >= 0.3 is 0 Å². The molecule has 19 heavy (non-hydrogen) atoms. The topological polar surface area (TPSA) is 21.7 Å². The molecule has 0 aromatic heterocycles. The predicted molar refractivity (Wildman–Crippen MR) is 78.4 cm³/mol. The maximum Gasteiger partial charge on any atom is 0.161 e. The Morgan fingerprint density at radius 3 is 2.84 bits per heavy atom. The number of nitrogens with zero attached hydrogens (tertiary/aromatic N) is 1. The molecule has 1 atom stereocenters. The van der Waals surface area contributed by atoms with Gasteiger partial charge in [-0.15, -0.1) is 11.8 Å². The van der Waals surface area contributed by atoms with Crippen molar-refractivity contribution in [1.82, 2.24) is 4.90 Å². The molecule has 4 heteroatoms. The molecule has 0 saturated carbocycles. The standard InChI is InChI=1S/C15H19NO2S/c1-11(2)10-16-5-8-19-15(16)12-3-4-13-14(9-12)18-7-6-17-13/h3-5,8-9,11,15H,6-7,10H2,1-2H3. The Balaban J connectivity index is 1.81. The van der Waals surface area contributed by atoms with Gasteiger partial charge < -0.3 is 14.4 Å².